The number of hydrogen-bond acceptors (Lipinski definition) is 8. The monoisotopic (exact) mass is 782 g/mol. The average molecular weight is 782 g/mol. The van der Waals surface area contributed by atoms with Gasteiger partial charge in [-0.2, -0.15) is 0 Å². The predicted octanol–water partition coefficient (Wildman–Crippen LogP) is 9.50. The highest BCUT2D eigenvalue weighted by Crippen LogP contribution is 2.22. The molecule has 0 aromatic heterocycles. The summed E-state index contributed by atoms with van der Waals surface area (Å²) in [6.45, 7) is 3.56. The van der Waals surface area contributed by atoms with E-state index in [-0.39, 0.29) is 12.5 Å². The Kier molecular flexibility index (Phi) is 34.7. The second-order valence-electron chi connectivity index (χ2n) is 16.2. The molecule has 0 aromatic carbocycles. The Morgan fingerprint density at radius 3 is 1.51 bits per heavy atom. The van der Waals surface area contributed by atoms with Gasteiger partial charge >= 0.3 is 0 Å². The van der Waals surface area contributed by atoms with Gasteiger partial charge in [-0.3, -0.25) is 4.79 Å². The van der Waals surface area contributed by atoms with E-state index >= 15 is 0 Å². The molecule has 9 nitrogen and oxygen atoms in total. The molecule has 6 N–H and O–H groups in total. The summed E-state index contributed by atoms with van der Waals surface area (Å²) in [7, 11) is 0. The van der Waals surface area contributed by atoms with Gasteiger partial charge in [0.25, 0.3) is 0 Å². The summed E-state index contributed by atoms with van der Waals surface area (Å²) < 4.78 is 11.0. The summed E-state index contributed by atoms with van der Waals surface area (Å²) in [6, 6.07) is -0.797. The topological polar surface area (TPSA) is 149 Å². The molecule has 1 heterocycles. The van der Waals surface area contributed by atoms with E-state index in [2.05, 4.69) is 24.4 Å². The maximum atomic E-state index is 12.8. The second kappa shape index (κ2) is 37.0. The average Bonchev–Trinajstić information content (AvgIpc) is 3.18. The lowest BCUT2D eigenvalue weighted by Gasteiger charge is -2.40. The van der Waals surface area contributed by atoms with Gasteiger partial charge in [0, 0.05) is 6.42 Å². The van der Waals surface area contributed by atoms with Gasteiger partial charge in [0.15, 0.2) is 6.29 Å². The number of nitrogens with one attached hydrogen (secondary N) is 1. The summed E-state index contributed by atoms with van der Waals surface area (Å²) in [6.07, 6.45) is 37.8. The molecular weight excluding hydrogens is 695 g/mol. The van der Waals surface area contributed by atoms with Gasteiger partial charge in [-0.05, 0) is 38.5 Å². The molecule has 55 heavy (non-hydrogen) atoms. The zero-order chi connectivity index (χ0) is 40.2. The van der Waals surface area contributed by atoms with E-state index in [1.807, 2.05) is 13.0 Å². The molecule has 0 aromatic rings. The summed E-state index contributed by atoms with van der Waals surface area (Å²) in [5.74, 6) is -0.187. The quantitative estimate of drug-likeness (QED) is 0.0268. The largest absolute Gasteiger partial charge is 0.394 e. The van der Waals surface area contributed by atoms with Crippen LogP contribution in [-0.4, -0.2) is 87.5 Å². The van der Waals surface area contributed by atoms with Crippen LogP contribution in [0.15, 0.2) is 24.3 Å². The Hall–Kier alpha value is -1.33. The van der Waals surface area contributed by atoms with Crippen molar-refractivity contribution in [1.29, 1.82) is 0 Å². The summed E-state index contributed by atoms with van der Waals surface area (Å²) in [5, 5.41) is 53.4. The van der Waals surface area contributed by atoms with Crippen molar-refractivity contribution in [3.63, 3.8) is 0 Å². The van der Waals surface area contributed by atoms with Gasteiger partial charge in [-0.25, -0.2) is 0 Å². The molecule has 324 valence electrons. The Labute approximate surface area is 337 Å². The normalized spacial score (nSPS) is 21.5. The first-order valence-corrected chi connectivity index (χ1v) is 23.1. The molecule has 9 heteroatoms. The maximum absolute atomic E-state index is 12.8. The minimum atomic E-state index is -1.56. The molecule has 1 amide bonds. The van der Waals surface area contributed by atoms with E-state index in [0.717, 1.165) is 32.1 Å². The van der Waals surface area contributed by atoms with Crippen LogP contribution in [0.1, 0.15) is 206 Å². The number of carbonyl (C=O) groups is 1. The first kappa shape index (κ1) is 51.7. The molecule has 1 rings (SSSR count). The Morgan fingerprint density at radius 1 is 0.600 bits per heavy atom. The molecule has 0 radical (unpaired) electrons. The van der Waals surface area contributed by atoms with Crippen LogP contribution < -0.4 is 5.32 Å². The number of rotatable bonds is 38. The molecule has 0 spiro atoms. The molecule has 0 aliphatic carbocycles. The lowest BCUT2D eigenvalue weighted by Crippen LogP contribution is -2.60. The fraction of sp³-hybridized carbons (Fsp3) is 0.891. The first-order valence-electron chi connectivity index (χ1n) is 23.1. The van der Waals surface area contributed by atoms with E-state index in [4.69, 9.17) is 9.47 Å². The number of amides is 1. The van der Waals surface area contributed by atoms with Crippen LogP contribution in [0.4, 0.5) is 0 Å². The fourth-order valence-corrected chi connectivity index (χ4v) is 7.28. The van der Waals surface area contributed by atoms with Gasteiger partial charge in [0.2, 0.25) is 5.91 Å². The number of hydrogen-bond donors (Lipinski definition) is 6. The highest BCUT2D eigenvalue weighted by molar-refractivity contribution is 5.76. The third-order valence-corrected chi connectivity index (χ3v) is 11.0. The summed E-state index contributed by atoms with van der Waals surface area (Å²) in [4.78, 5) is 12.8. The van der Waals surface area contributed by atoms with Crippen molar-refractivity contribution in [2.75, 3.05) is 13.2 Å². The molecule has 1 aliphatic heterocycles. The Morgan fingerprint density at radius 2 is 1.05 bits per heavy atom. The zero-order valence-corrected chi connectivity index (χ0v) is 35.4. The molecule has 1 aliphatic rings. The lowest BCUT2D eigenvalue weighted by molar-refractivity contribution is -0.302. The maximum Gasteiger partial charge on any atom is 0.220 e. The smallest absolute Gasteiger partial charge is 0.220 e. The first-order chi connectivity index (χ1) is 26.8. The van der Waals surface area contributed by atoms with E-state index in [1.165, 1.54) is 154 Å². The molecule has 1 saturated heterocycles. The highest BCUT2D eigenvalue weighted by atomic mass is 16.7. The van der Waals surface area contributed by atoms with Crippen LogP contribution in [0.3, 0.4) is 0 Å². The van der Waals surface area contributed by atoms with Crippen LogP contribution in [0.25, 0.3) is 0 Å². The van der Waals surface area contributed by atoms with Crippen LogP contribution in [0.5, 0.6) is 0 Å². The van der Waals surface area contributed by atoms with Gasteiger partial charge < -0.3 is 40.3 Å². The predicted molar refractivity (Wildman–Crippen MR) is 226 cm³/mol. The lowest BCUT2D eigenvalue weighted by atomic mass is 9.99. The van der Waals surface area contributed by atoms with Crippen molar-refractivity contribution in [3.8, 4) is 0 Å². The van der Waals surface area contributed by atoms with Crippen molar-refractivity contribution >= 4 is 5.91 Å². The summed E-state index contributed by atoms with van der Waals surface area (Å²) in [5.41, 5.74) is 0. The third-order valence-electron chi connectivity index (χ3n) is 11.0. The molecule has 0 saturated carbocycles. The highest BCUT2D eigenvalue weighted by Gasteiger charge is 2.44. The van der Waals surface area contributed by atoms with Crippen LogP contribution in [-0.2, 0) is 14.3 Å². The van der Waals surface area contributed by atoms with Crippen molar-refractivity contribution in [2.24, 2.45) is 0 Å². The van der Waals surface area contributed by atoms with E-state index in [1.54, 1.807) is 6.08 Å². The SMILES string of the molecule is CCC/C=C/C(O)C(COC1OC(CO)C(O)C(O)C1O)NC(=O)CCCCCCCCCCCCCCCCCCC/C=C\CCCCCCCCCC. The van der Waals surface area contributed by atoms with Gasteiger partial charge in [0.05, 0.1) is 25.4 Å². The van der Waals surface area contributed by atoms with E-state index in [9.17, 15) is 30.3 Å². The Balaban J connectivity index is 2.00. The number of unbranched alkanes of at least 4 members (excludes halogenated alkanes) is 26. The van der Waals surface area contributed by atoms with Gasteiger partial charge in [-0.1, -0.05) is 186 Å². The molecule has 7 unspecified atom stereocenters. The van der Waals surface area contributed by atoms with Gasteiger partial charge in [0.1, 0.15) is 24.4 Å². The Bertz CT molecular complexity index is 914. The minimum Gasteiger partial charge on any atom is -0.394 e. The van der Waals surface area contributed by atoms with Crippen molar-refractivity contribution in [3.05, 3.63) is 24.3 Å². The number of aliphatic hydroxyl groups is 5. The summed E-state index contributed by atoms with van der Waals surface area (Å²) >= 11 is 0. The molecular formula is C46H87NO8. The number of aliphatic hydroxyl groups excluding tert-OH is 5. The van der Waals surface area contributed by atoms with E-state index < -0.39 is 49.5 Å². The van der Waals surface area contributed by atoms with Crippen molar-refractivity contribution < 1.29 is 39.8 Å². The van der Waals surface area contributed by atoms with Crippen molar-refractivity contribution in [1.82, 2.24) is 5.32 Å². The van der Waals surface area contributed by atoms with Crippen LogP contribution in [0, 0.1) is 0 Å². The van der Waals surface area contributed by atoms with E-state index in [0.29, 0.717) is 6.42 Å². The second-order valence-corrected chi connectivity index (χ2v) is 16.2. The fourth-order valence-electron chi connectivity index (χ4n) is 7.28. The number of carbonyl (C=O) groups excluding carboxylic acids is 1. The van der Waals surface area contributed by atoms with Gasteiger partial charge in [-0.15, -0.1) is 0 Å². The third kappa shape index (κ3) is 27.9. The van der Waals surface area contributed by atoms with Crippen LogP contribution in [0.2, 0.25) is 0 Å². The molecule has 1 fully saturated rings. The molecule has 0 bridgehead atoms. The number of allylic oxidation sites excluding steroid dienone is 3. The number of ether oxygens (including phenoxy) is 2. The minimum absolute atomic E-state index is 0.187. The standard InChI is InChI=1S/C46H87NO8/c1-3-5-7-8-9-10-11-12-13-14-15-16-17-18-19-20-21-22-23-24-25-26-27-28-29-30-31-32-34-36-42(50)47-39(40(49)35-33-6-4-2)38-54-46-45(53)44(52)43(51)41(37-48)55-46/h14-15,33,35,39-41,43-46,48-49,51-53H,3-13,16-32,34,36-38H2,1-2H3,(H,47,50)/b15-14-,35-33+. The van der Waals surface area contributed by atoms with Crippen LogP contribution >= 0.6 is 0 Å². The molecule has 7 atom stereocenters. The van der Waals surface area contributed by atoms with Crippen molar-refractivity contribution in [2.45, 2.75) is 249 Å². The zero-order valence-electron chi connectivity index (χ0n) is 35.4.